The summed E-state index contributed by atoms with van der Waals surface area (Å²) in [5.41, 5.74) is 7.55. The fourth-order valence-electron chi connectivity index (χ4n) is 1.94. The lowest BCUT2D eigenvalue weighted by atomic mass is 10.1. The van der Waals surface area contributed by atoms with E-state index >= 15 is 0 Å². The Kier molecular flexibility index (Phi) is 7.95. The third-order valence-corrected chi connectivity index (χ3v) is 3.74. The molecule has 0 amide bonds. The van der Waals surface area contributed by atoms with Crippen LogP contribution in [0.5, 0.6) is 0 Å². The molecule has 0 unspecified atom stereocenters. The van der Waals surface area contributed by atoms with Gasteiger partial charge >= 0.3 is 5.97 Å². The predicted molar refractivity (Wildman–Crippen MR) is 87.5 cm³/mol. The number of thioether (sulfide) groups is 1. The van der Waals surface area contributed by atoms with Gasteiger partial charge in [-0.15, -0.1) is 0 Å². The second kappa shape index (κ2) is 9.53. The van der Waals surface area contributed by atoms with Crippen LogP contribution in [0.25, 0.3) is 0 Å². The largest absolute Gasteiger partial charge is 0.465 e. The average molecular weight is 296 g/mol. The van der Waals surface area contributed by atoms with Gasteiger partial charge in [-0.05, 0) is 43.0 Å². The zero-order valence-corrected chi connectivity index (χ0v) is 13.1. The van der Waals surface area contributed by atoms with Gasteiger partial charge in [0, 0.05) is 17.9 Å². The van der Waals surface area contributed by atoms with Crippen LogP contribution in [-0.4, -0.2) is 31.6 Å². The number of carbonyl (C=O) groups is 1. The van der Waals surface area contributed by atoms with Crippen LogP contribution in [0.2, 0.25) is 0 Å². The number of esters is 1. The summed E-state index contributed by atoms with van der Waals surface area (Å²) in [5, 5.41) is 3.29. The fourth-order valence-corrected chi connectivity index (χ4v) is 2.44. The van der Waals surface area contributed by atoms with Crippen LogP contribution in [0.15, 0.2) is 18.2 Å². The second-order valence-corrected chi connectivity index (χ2v) is 5.62. The number of hydrogen-bond donors (Lipinski definition) is 2. The number of nitrogens with two attached hydrogens (primary N) is 1. The molecule has 0 aliphatic heterocycles. The maximum atomic E-state index is 11.7. The van der Waals surface area contributed by atoms with Crippen LogP contribution in [0, 0.1) is 0 Å². The van der Waals surface area contributed by atoms with Crippen molar-refractivity contribution in [3.63, 3.8) is 0 Å². The molecule has 0 saturated heterocycles. The molecule has 0 radical (unpaired) electrons. The zero-order chi connectivity index (χ0) is 14.8. The van der Waals surface area contributed by atoms with Crippen LogP contribution in [0.3, 0.4) is 0 Å². The maximum absolute atomic E-state index is 11.7. The van der Waals surface area contributed by atoms with Gasteiger partial charge in [-0.1, -0.05) is 12.8 Å². The number of carbonyl (C=O) groups excluding carboxylic acids is 1. The smallest absolute Gasteiger partial charge is 0.340 e. The van der Waals surface area contributed by atoms with Gasteiger partial charge in [0.2, 0.25) is 0 Å². The number of anilines is 2. The predicted octanol–water partition coefficient (Wildman–Crippen LogP) is 3.39. The van der Waals surface area contributed by atoms with E-state index in [1.165, 1.54) is 32.1 Å². The minimum absolute atomic E-state index is 0.361. The Morgan fingerprint density at radius 2 is 2.05 bits per heavy atom. The van der Waals surface area contributed by atoms with E-state index in [1.807, 2.05) is 17.8 Å². The molecule has 1 aromatic carbocycles. The molecule has 0 heterocycles. The lowest BCUT2D eigenvalue weighted by Crippen LogP contribution is -2.10. The molecule has 0 aromatic heterocycles. The van der Waals surface area contributed by atoms with E-state index in [2.05, 4.69) is 11.6 Å². The molecule has 112 valence electrons. The molecule has 0 saturated carbocycles. The van der Waals surface area contributed by atoms with Gasteiger partial charge in [-0.3, -0.25) is 0 Å². The normalized spacial score (nSPS) is 10.3. The van der Waals surface area contributed by atoms with E-state index in [0.29, 0.717) is 11.3 Å². The third kappa shape index (κ3) is 5.74. The molecule has 4 nitrogen and oxygen atoms in total. The molecule has 3 N–H and O–H groups in total. The molecule has 0 fully saturated rings. The molecule has 0 aliphatic carbocycles. The molecule has 20 heavy (non-hydrogen) atoms. The monoisotopic (exact) mass is 296 g/mol. The molecular formula is C15H24N2O2S. The SMILES string of the molecule is COC(=O)c1cc(N)ccc1NCCCCCCSC. The van der Waals surface area contributed by atoms with Crippen molar-refractivity contribution in [1.82, 2.24) is 0 Å². The van der Waals surface area contributed by atoms with Crippen molar-refractivity contribution >= 4 is 29.1 Å². The number of nitrogens with one attached hydrogen (secondary N) is 1. The highest BCUT2D eigenvalue weighted by atomic mass is 32.2. The number of methoxy groups -OCH3 is 1. The first-order valence-corrected chi connectivity index (χ1v) is 8.29. The maximum Gasteiger partial charge on any atom is 0.340 e. The van der Waals surface area contributed by atoms with Crippen molar-refractivity contribution in [2.45, 2.75) is 25.7 Å². The minimum Gasteiger partial charge on any atom is -0.465 e. The number of benzene rings is 1. The Bertz CT molecular complexity index is 424. The van der Waals surface area contributed by atoms with Gasteiger partial charge in [-0.2, -0.15) is 11.8 Å². The average Bonchev–Trinajstić information content (AvgIpc) is 2.46. The van der Waals surface area contributed by atoms with Gasteiger partial charge in [0.25, 0.3) is 0 Å². The minimum atomic E-state index is -0.361. The number of hydrogen-bond acceptors (Lipinski definition) is 5. The summed E-state index contributed by atoms with van der Waals surface area (Å²) in [5.74, 6) is 0.873. The zero-order valence-electron chi connectivity index (χ0n) is 12.3. The van der Waals surface area contributed by atoms with Crippen LogP contribution in [0.4, 0.5) is 11.4 Å². The Labute approximate surface area is 125 Å². The molecule has 0 bridgehead atoms. The second-order valence-electron chi connectivity index (χ2n) is 4.63. The van der Waals surface area contributed by atoms with E-state index in [1.54, 1.807) is 12.1 Å². The Hall–Kier alpha value is -1.36. The summed E-state index contributed by atoms with van der Waals surface area (Å²) in [6.07, 6.45) is 6.97. The van der Waals surface area contributed by atoms with E-state index in [9.17, 15) is 4.79 Å². The quantitative estimate of drug-likeness (QED) is 0.415. The summed E-state index contributed by atoms with van der Waals surface area (Å²) in [7, 11) is 1.38. The lowest BCUT2D eigenvalue weighted by molar-refractivity contribution is 0.0602. The molecule has 5 heteroatoms. The highest BCUT2D eigenvalue weighted by Crippen LogP contribution is 2.20. The molecule has 0 atom stereocenters. The Balaban J connectivity index is 2.41. The van der Waals surface area contributed by atoms with Crippen LogP contribution < -0.4 is 11.1 Å². The molecule has 1 rings (SSSR count). The van der Waals surface area contributed by atoms with Gasteiger partial charge in [0.15, 0.2) is 0 Å². The Morgan fingerprint density at radius 3 is 2.75 bits per heavy atom. The molecular weight excluding hydrogens is 272 g/mol. The highest BCUT2D eigenvalue weighted by Gasteiger charge is 2.11. The Morgan fingerprint density at radius 1 is 1.30 bits per heavy atom. The van der Waals surface area contributed by atoms with Crippen LogP contribution in [-0.2, 0) is 4.74 Å². The number of ether oxygens (including phenoxy) is 1. The lowest BCUT2D eigenvalue weighted by Gasteiger charge is -2.11. The topological polar surface area (TPSA) is 64.3 Å². The van der Waals surface area contributed by atoms with E-state index in [0.717, 1.165) is 18.7 Å². The number of rotatable bonds is 9. The summed E-state index contributed by atoms with van der Waals surface area (Å²) >= 11 is 1.89. The van der Waals surface area contributed by atoms with Crippen molar-refractivity contribution in [2.75, 3.05) is 36.7 Å². The number of unbranched alkanes of at least 4 members (excludes halogenated alkanes) is 3. The van der Waals surface area contributed by atoms with Gasteiger partial charge in [-0.25, -0.2) is 4.79 Å². The first-order chi connectivity index (χ1) is 9.69. The first kappa shape index (κ1) is 16.7. The van der Waals surface area contributed by atoms with Crippen LogP contribution in [0.1, 0.15) is 36.0 Å². The van der Waals surface area contributed by atoms with Crippen molar-refractivity contribution in [3.05, 3.63) is 23.8 Å². The summed E-state index contributed by atoms with van der Waals surface area (Å²) in [4.78, 5) is 11.7. The van der Waals surface area contributed by atoms with E-state index in [4.69, 9.17) is 10.5 Å². The van der Waals surface area contributed by atoms with Crippen molar-refractivity contribution in [3.8, 4) is 0 Å². The summed E-state index contributed by atoms with van der Waals surface area (Å²) in [6, 6.07) is 5.26. The van der Waals surface area contributed by atoms with Crippen molar-refractivity contribution < 1.29 is 9.53 Å². The summed E-state index contributed by atoms with van der Waals surface area (Å²) in [6.45, 7) is 0.854. The van der Waals surface area contributed by atoms with Crippen molar-refractivity contribution in [1.29, 1.82) is 0 Å². The summed E-state index contributed by atoms with van der Waals surface area (Å²) < 4.78 is 4.77. The van der Waals surface area contributed by atoms with Crippen molar-refractivity contribution in [2.24, 2.45) is 0 Å². The standard InChI is InChI=1S/C15H24N2O2S/c1-19-15(18)13-11-12(16)7-8-14(13)17-9-5-3-4-6-10-20-2/h7-8,11,17H,3-6,9-10,16H2,1-2H3. The van der Waals surface area contributed by atoms with Gasteiger partial charge in [0.05, 0.1) is 12.7 Å². The van der Waals surface area contributed by atoms with Gasteiger partial charge < -0.3 is 15.8 Å². The first-order valence-electron chi connectivity index (χ1n) is 6.89. The van der Waals surface area contributed by atoms with Gasteiger partial charge in [0.1, 0.15) is 0 Å². The third-order valence-electron chi connectivity index (χ3n) is 3.04. The van der Waals surface area contributed by atoms with Crippen LogP contribution >= 0.6 is 11.8 Å². The highest BCUT2D eigenvalue weighted by molar-refractivity contribution is 7.98. The fraction of sp³-hybridized carbons (Fsp3) is 0.533. The molecule has 0 aliphatic rings. The van der Waals surface area contributed by atoms with E-state index in [-0.39, 0.29) is 5.97 Å². The van der Waals surface area contributed by atoms with E-state index < -0.39 is 0 Å². The molecule has 0 spiro atoms. The molecule has 1 aromatic rings. The number of nitrogen functional groups attached to an aromatic ring is 1.